The van der Waals surface area contributed by atoms with Crippen LogP contribution >= 0.6 is 11.3 Å². The monoisotopic (exact) mass is 488 g/mol. The summed E-state index contributed by atoms with van der Waals surface area (Å²) in [4.78, 5) is 44.5. The summed E-state index contributed by atoms with van der Waals surface area (Å²) in [5.41, 5.74) is 4.07. The van der Waals surface area contributed by atoms with Crippen LogP contribution in [0.25, 0.3) is 10.4 Å². The molecule has 3 rings (SSSR count). The van der Waals surface area contributed by atoms with Gasteiger partial charge < -0.3 is 25.4 Å². The Hall–Kier alpha value is -2.98. The molecule has 3 atom stereocenters. The minimum atomic E-state index is -0.904. The molecule has 1 aliphatic heterocycles. The van der Waals surface area contributed by atoms with Gasteiger partial charge in [-0.2, -0.15) is 0 Å². The number of nitrogens with one attached hydrogen (secondary N) is 2. The number of hydrogen-bond acceptors (Lipinski definition) is 7. The van der Waals surface area contributed by atoms with Crippen LogP contribution in [0.3, 0.4) is 0 Å². The molecule has 2 aromatic rings. The first-order chi connectivity index (χ1) is 15.9. The number of β-amino-alcohol motifs (C(OH)–C–C–N with tert-alkyl or cyclic N) is 1. The highest BCUT2D eigenvalue weighted by Crippen LogP contribution is 2.27. The van der Waals surface area contributed by atoms with Crippen molar-refractivity contribution in [3.8, 4) is 10.4 Å². The van der Waals surface area contributed by atoms with Gasteiger partial charge in [0.2, 0.25) is 11.8 Å². The van der Waals surface area contributed by atoms with Crippen LogP contribution in [0.15, 0.2) is 29.8 Å². The Labute approximate surface area is 203 Å². The molecule has 10 heteroatoms. The second-order valence-electron chi connectivity index (χ2n) is 9.45. The molecule has 0 aliphatic carbocycles. The predicted octanol–water partition coefficient (Wildman–Crippen LogP) is 2.61. The molecule has 9 nitrogen and oxygen atoms in total. The number of aryl methyl sites for hydroxylation is 1. The van der Waals surface area contributed by atoms with Gasteiger partial charge in [0.1, 0.15) is 17.7 Å². The van der Waals surface area contributed by atoms with Crippen molar-refractivity contribution in [1.82, 2.24) is 20.5 Å². The Morgan fingerprint density at radius 2 is 1.94 bits per heavy atom. The number of hydrogen-bond donors (Lipinski definition) is 3. The molecule has 0 unspecified atom stereocenters. The van der Waals surface area contributed by atoms with Crippen molar-refractivity contribution in [3.05, 3.63) is 41.0 Å². The van der Waals surface area contributed by atoms with E-state index in [1.807, 2.05) is 36.7 Å². The number of aliphatic hydroxyl groups excluding tert-OH is 1. The maximum absolute atomic E-state index is 12.9. The van der Waals surface area contributed by atoms with Crippen LogP contribution in [0.5, 0.6) is 0 Å². The highest BCUT2D eigenvalue weighted by atomic mass is 32.1. The number of carbonyl (C=O) groups is 3. The molecule has 1 saturated heterocycles. The van der Waals surface area contributed by atoms with Gasteiger partial charge in [-0.15, -0.1) is 11.3 Å². The SMILES string of the molecule is Cc1ncsc1-c1ccc(CNC(=O)[C@@H]2C[C@@H](O)CN2C(=O)[C@H](C)NC(=O)OC(C)(C)C)cc1. The number of benzene rings is 1. The van der Waals surface area contributed by atoms with Crippen molar-refractivity contribution in [2.24, 2.45) is 0 Å². The molecule has 3 amide bonds. The summed E-state index contributed by atoms with van der Waals surface area (Å²) in [5, 5.41) is 15.5. The number of alkyl carbamates (subject to hydrolysis) is 1. The summed E-state index contributed by atoms with van der Waals surface area (Å²) in [6.07, 6.45) is -1.39. The van der Waals surface area contributed by atoms with Crippen molar-refractivity contribution in [3.63, 3.8) is 0 Å². The zero-order chi connectivity index (χ0) is 25.0. The summed E-state index contributed by atoms with van der Waals surface area (Å²) in [7, 11) is 0. The number of aliphatic hydroxyl groups is 1. The maximum atomic E-state index is 12.9. The first-order valence-corrected chi connectivity index (χ1v) is 12.1. The zero-order valence-corrected chi connectivity index (χ0v) is 20.9. The number of carbonyl (C=O) groups excluding carboxylic acids is 3. The van der Waals surface area contributed by atoms with Gasteiger partial charge in [-0.05, 0) is 45.7 Å². The van der Waals surface area contributed by atoms with Gasteiger partial charge in [0.25, 0.3) is 0 Å². The summed E-state index contributed by atoms with van der Waals surface area (Å²) < 4.78 is 5.19. The van der Waals surface area contributed by atoms with Gasteiger partial charge in [-0.25, -0.2) is 9.78 Å². The number of rotatable bonds is 6. The smallest absolute Gasteiger partial charge is 0.408 e. The fourth-order valence-electron chi connectivity index (χ4n) is 3.76. The molecule has 3 N–H and O–H groups in total. The molecule has 0 spiro atoms. The Bertz CT molecular complexity index is 1030. The van der Waals surface area contributed by atoms with Gasteiger partial charge in [0.15, 0.2) is 0 Å². The molecule has 2 heterocycles. The lowest BCUT2D eigenvalue weighted by Gasteiger charge is -2.27. The lowest BCUT2D eigenvalue weighted by atomic mass is 10.1. The van der Waals surface area contributed by atoms with Crippen LogP contribution in [0.1, 0.15) is 45.4 Å². The Morgan fingerprint density at radius 1 is 1.26 bits per heavy atom. The first-order valence-electron chi connectivity index (χ1n) is 11.2. The predicted molar refractivity (Wildman–Crippen MR) is 129 cm³/mol. The van der Waals surface area contributed by atoms with E-state index < -0.39 is 35.8 Å². The standard InChI is InChI=1S/C24H32N4O5S/c1-14-20(34-13-26-14)17-8-6-16(7-9-17)11-25-21(30)19-10-18(29)12-28(19)22(31)15(2)27-23(32)33-24(3,4)5/h6-9,13,15,18-19,29H,10-12H2,1-5H3,(H,25,30)(H,27,32)/t15-,18+,19-/m0/s1. The van der Waals surface area contributed by atoms with Crippen LogP contribution in [-0.2, 0) is 20.9 Å². The van der Waals surface area contributed by atoms with E-state index >= 15 is 0 Å². The molecule has 34 heavy (non-hydrogen) atoms. The largest absolute Gasteiger partial charge is 0.444 e. The fraction of sp³-hybridized carbons (Fsp3) is 0.500. The van der Waals surface area contributed by atoms with Gasteiger partial charge in [0, 0.05) is 19.5 Å². The molecule has 1 aromatic heterocycles. The number of ether oxygens (including phenoxy) is 1. The first kappa shape index (κ1) is 25.6. The molecule has 0 saturated carbocycles. The molecule has 1 aliphatic rings. The molecular weight excluding hydrogens is 456 g/mol. The third kappa shape index (κ3) is 6.54. The average molecular weight is 489 g/mol. The van der Waals surface area contributed by atoms with E-state index in [-0.39, 0.29) is 18.9 Å². The number of likely N-dealkylation sites (tertiary alicyclic amines) is 1. The highest BCUT2D eigenvalue weighted by Gasteiger charge is 2.40. The average Bonchev–Trinajstić information content (AvgIpc) is 3.35. The van der Waals surface area contributed by atoms with E-state index in [9.17, 15) is 19.5 Å². The number of thiazole rings is 1. The van der Waals surface area contributed by atoms with Gasteiger partial charge in [-0.1, -0.05) is 24.3 Å². The normalized spacial score (nSPS) is 18.9. The van der Waals surface area contributed by atoms with E-state index in [1.165, 1.54) is 11.8 Å². The third-order valence-electron chi connectivity index (χ3n) is 5.40. The third-order valence-corrected chi connectivity index (χ3v) is 6.37. The maximum Gasteiger partial charge on any atom is 0.408 e. The van der Waals surface area contributed by atoms with Crippen LogP contribution < -0.4 is 10.6 Å². The van der Waals surface area contributed by atoms with E-state index in [0.717, 1.165) is 21.7 Å². The van der Waals surface area contributed by atoms with Gasteiger partial charge >= 0.3 is 6.09 Å². The fourth-order valence-corrected chi connectivity index (χ4v) is 4.57. The van der Waals surface area contributed by atoms with Gasteiger partial charge in [0.05, 0.1) is 22.2 Å². The quantitative estimate of drug-likeness (QED) is 0.575. The second kappa shape index (κ2) is 10.5. The molecule has 184 valence electrons. The van der Waals surface area contributed by atoms with Crippen molar-refractivity contribution >= 4 is 29.2 Å². The van der Waals surface area contributed by atoms with E-state index in [4.69, 9.17) is 4.74 Å². The van der Waals surface area contributed by atoms with Crippen molar-refractivity contribution in [1.29, 1.82) is 0 Å². The Morgan fingerprint density at radius 3 is 2.53 bits per heavy atom. The van der Waals surface area contributed by atoms with E-state index in [2.05, 4.69) is 15.6 Å². The number of nitrogens with zero attached hydrogens (tertiary/aromatic N) is 2. The van der Waals surface area contributed by atoms with Crippen molar-refractivity contribution < 1.29 is 24.2 Å². The molecule has 0 bridgehead atoms. The minimum Gasteiger partial charge on any atom is -0.444 e. The highest BCUT2D eigenvalue weighted by molar-refractivity contribution is 7.13. The van der Waals surface area contributed by atoms with Crippen LogP contribution in [0.4, 0.5) is 4.79 Å². The summed E-state index contributed by atoms with van der Waals surface area (Å²) in [6.45, 7) is 8.99. The molecule has 1 aromatic carbocycles. The van der Waals surface area contributed by atoms with Crippen LogP contribution in [0.2, 0.25) is 0 Å². The number of amides is 3. The molecular formula is C24H32N4O5S. The van der Waals surface area contributed by atoms with E-state index in [0.29, 0.717) is 6.54 Å². The topological polar surface area (TPSA) is 121 Å². The summed E-state index contributed by atoms with van der Waals surface area (Å²) >= 11 is 1.58. The van der Waals surface area contributed by atoms with Gasteiger partial charge in [-0.3, -0.25) is 9.59 Å². The van der Waals surface area contributed by atoms with Crippen LogP contribution in [0, 0.1) is 6.92 Å². The minimum absolute atomic E-state index is 0.0279. The Balaban J connectivity index is 1.58. The second-order valence-corrected chi connectivity index (χ2v) is 10.3. The van der Waals surface area contributed by atoms with Crippen molar-refractivity contribution in [2.45, 2.75) is 71.4 Å². The molecule has 1 fully saturated rings. The lowest BCUT2D eigenvalue weighted by Crippen LogP contribution is -2.53. The summed E-state index contributed by atoms with van der Waals surface area (Å²) in [5.74, 6) is -0.802. The Kier molecular flexibility index (Phi) is 7.93. The van der Waals surface area contributed by atoms with Crippen LogP contribution in [-0.4, -0.2) is 63.2 Å². The number of aromatic nitrogens is 1. The zero-order valence-electron chi connectivity index (χ0n) is 20.1. The van der Waals surface area contributed by atoms with E-state index in [1.54, 1.807) is 32.1 Å². The van der Waals surface area contributed by atoms with Crippen molar-refractivity contribution in [2.75, 3.05) is 6.54 Å². The lowest BCUT2D eigenvalue weighted by molar-refractivity contribution is -0.139. The molecule has 0 radical (unpaired) electrons. The summed E-state index contributed by atoms with van der Waals surface area (Å²) in [6, 6.07) is 6.13.